The Kier molecular flexibility index (Phi) is 6.02. The van der Waals surface area contributed by atoms with Crippen LogP contribution in [-0.4, -0.2) is 52.1 Å². The predicted molar refractivity (Wildman–Crippen MR) is 57.4 cm³/mol. The van der Waals surface area contributed by atoms with Crippen LogP contribution < -0.4 is 0 Å². The third-order valence-electron chi connectivity index (χ3n) is 1.62. The summed E-state index contributed by atoms with van der Waals surface area (Å²) >= 11 is 0. The fraction of sp³-hybridized carbons (Fsp3) is 0.857. The van der Waals surface area contributed by atoms with Gasteiger partial charge >= 0.3 is 5.97 Å². The summed E-state index contributed by atoms with van der Waals surface area (Å²) in [6.45, 7) is 1.19. The molecular formula is C7H14O8S2. The van der Waals surface area contributed by atoms with Crippen molar-refractivity contribution >= 4 is 26.2 Å². The molecule has 0 rings (SSSR count). The molecule has 0 radical (unpaired) electrons. The minimum absolute atomic E-state index is 0.324. The molecule has 10 heteroatoms. The summed E-state index contributed by atoms with van der Waals surface area (Å²) in [5.41, 5.74) is 0. The van der Waals surface area contributed by atoms with Gasteiger partial charge in [-0.2, -0.15) is 16.8 Å². The topological polar surface area (TPSA) is 124 Å². The van der Waals surface area contributed by atoms with Gasteiger partial charge in [0.25, 0.3) is 20.2 Å². The van der Waals surface area contributed by atoms with Crippen molar-refractivity contribution in [3.05, 3.63) is 0 Å². The van der Waals surface area contributed by atoms with Gasteiger partial charge < -0.3 is 4.74 Å². The molecule has 0 saturated heterocycles. The van der Waals surface area contributed by atoms with E-state index in [2.05, 4.69) is 8.92 Å². The van der Waals surface area contributed by atoms with Crippen LogP contribution in [-0.2, 0) is 34.0 Å². The number of hydrogen-bond donors (Lipinski definition) is 1. The highest BCUT2D eigenvalue weighted by atomic mass is 32.2. The molecule has 0 aliphatic carbocycles. The molecule has 0 aromatic heterocycles. The first-order valence-corrected chi connectivity index (χ1v) is 7.70. The molecule has 0 bridgehead atoms. The van der Waals surface area contributed by atoms with Crippen LogP contribution in [0.15, 0.2) is 0 Å². The molecule has 0 heterocycles. The first kappa shape index (κ1) is 16.3. The summed E-state index contributed by atoms with van der Waals surface area (Å²) in [6, 6.07) is 0. The highest BCUT2D eigenvalue weighted by Crippen LogP contribution is 2.04. The van der Waals surface area contributed by atoms with Gasteiger partial charge in [-0.05, 0) is 13.3 Å². The summed E-state index contributed by atoms with van der Waals surface area (Å²) in [5, 5.41) is 0. The quantitative estimate of drug-likeness (QED) is 0.366. The molecule has 0 aromatic carbocycles. The second-order valence-corrected chi connectivity index (χ2v) is 6.45. The maximum Gasteiger partial charge on any atom is 0.336 e. The summed E-state index contributed by atoms with van der Waals surface area (Å²) in [6.07, 6.45) is -1.62. The summed E-state index contributed by atoms with van der Waals surface area (Å²) in [7, 11) is -7.17. The van der Waals surface area contributed by atoms with Crippen molar-refractivity contribution in [2.75, 3.05) is 18.6 Å². The maximum absolute atomic E-state index is 11.2. The van der Waals surface area contributed by atoms with Crippen molar-refractivity contribution in [2.24, 2.45) is 0 Å². The van der Waals surface area contributed by atoms with Crippen molar-refractivity contribution in [1.29, 1.82) is 0 Å². The molecule has 1 N–H and O–H groups in total. The Morgan fingerprint density at radius 3 is 2.18 bits per heavy atom. The number of ether oxygens (including phenoxy) is 1. The van der Waals surface area contributed by atoms with Crippen LogP contribution in [0.1, 0.15) is 13.3 Å². The van der Waals surface area contributed by atoms with Gasteiger partial charge in [0.15, 0.2) is 6.10 Å². The lowest BCUT2D eigenvalue weighted by molar-refractivity contribution is -0.147. The van der Waals surface area contributed by atoms with E-state index < -0.39 is 43.8 Å². The highest BCUT2D eigenvalue weighted by Gasteiger charge is 2.22. The average Bonchev–Trinajstić information content (AvgIpc) is 2.13. The van der Waals surface area contributed by atoms with Gasteiger partial charge in [-0.1, -0.05) is 0 Å². The normalized spacial score (nSPS) is 14.3. The van der Waals surface area contributed by atoms with Crippen LogP contribution in [0.5, 0.6) is 0 Å². The van der Waals surface area contributed by atoms with Crippen LogP contribution >= 0.6 is 0 Å². The van der Waals surface area contributed by atoms with E-state index >= 15 is 0 Å². The standard InChI is InChI=1S/C7H14O8S2/c1-6(7(8)14-2)15-17(12,13)5-3-4-16(9,10)11/h6H,3-5H2,1-2H3,(H,9,10,11). The molecule has 0 spiro atoms. The molecule has 1 unspecified atom stereocenters. The van der Waals surface area contributed by atoms with E-state index in [-0.39, 0.29) is 6.42 Å². The zero-order chi connectivity index (χ0) is 13.7. The summed E-state index contributed by atoms with van der Waals surface area (Å²) < 4.78 is 60.2. The van der Waals surface area contributed by atoms with Crippen molar-refractivity contribution in [1.82, 2.24) is 0 Å². The van der Waals surface area contributed by atoms with Crippen molar-refractivity contribution in [3.8, 4) is 0 Å². The van der Waals surface area contributed by atoms with Gasteiger partial charge in [-0.15, -0.1) is 0 Å². The van der Waals surface area contributed by atoms with Crippen molar-refractivity contribution < 1.29 is 35.1 Å². The average molecular weight is 290 g/mol. The molecule has 0 aliphatic heterocycles. The summed E-state index contributed by atoms with van der Waals surface area (Å²) in [5.74, 6) is -2.17. The molecular weight excluding hydrogens is 276 g/mol. The monoisotopic (exact) mass is 290 g/mol. The first-order valence-electron chi connectivity index (χ1n) is 4.51. The Labute approximate surface area is 99.8 Å². The van der Waals surface area contributed by atoms with Crippen LogP contribution in [0, 0.1) is 0 Å². The minimum atomic E-state index is -4.21. The fourth-order valence-corrected chi connectivity index (χ4v) is 2.70. The zero-order valence-electron chi connectivity index (χ0n) is 9.32. The van der Waals surface area contributed by atoms with Crippen LogP contribution in [0.25, 0.3) is 0 Å². The van der Waals surface area contributed by atoms with E-state index in [1.807, 2.05) is 0 Å². The molecule has 102 valence electrons. The molecule has 0 fully saturated rings. The Balaban J connectivity index is 4.27. The Morgan fingerprint density at radius 2 is 1.76 bits per heavy atom. The molecule has 17 heavy (non-hydrogen) atoms. The predicted octanol–water partition coefficient (Wildman–Crippen LogP) is -0.828. The zero-order valence-corrected chi connectivity index (χ0v) is 11.0. The number of methoxy groups -OCH3 is 1. The highest BCUT2D eigenvalue weighted by molar-refractivity contribution is 7.87. The minimum Gasteiger partial charge on any atom is -0.467 e. The third-order valence-corrected chi connectivity index (χ3v) is 3.80. The first-order chi connectivity index (χ1) is 7.57. The lowest BCUT2D eigenvalue weighted by Gasteiger charge is -2.10. The molecule has 8 nitrogen and oxygen atoms in total. The number of hydrogen-bond acceptors (Lipinski definition) is 7. The van der Waals surface area contributed by atoms with Gasteiger partial charge in [0.05, 0.1) is 18.6 Å². The number of esters is 1. The van der Waals surface area contributed by atoms with Crippen molar-refractivity contribution in [3.63, 3.8) is 0 Å². The van der Waals surface area contributed by atoms with Gasteiger partial charge in [-0.25, -0.2) is 4.79 Å². The number of carbonyl (C=O) groups excluding carboxylic acids is 1. The van der Waals surface area contributed by atoms with Crippen LogP contribution in [0.2, 0.25) is 0 Å². The lowest BCUT2D eigenvalue weighted by Crippen LogP contribution is -2.27. The van der Waals surface area contributed by atoms with Crippen LogP contribution in [0.4, 0.5) is 0 Å². The molecule has 0 aliphatic rings. The molecule has 0 aromatic rings. The second-order valence-electron chi connectivity index (χ2n) is 3.16. The molecule has 0 saturated carbocycles. The Bertz CT molecular complexity index is 448. The smallest absolute Gasteiger partial charge is 0.336 e. The van der Waals surface area contributed by atoms with Crippen molar-refractivity contribution in [2.45, 2.75) is 19.4 Å². The molecule has 1 atom stereocenters. The van der Waals surface area contributed by atoms with Gasteiger partial charge in [0.1, 0.15) is 0 Å². The second kappa shape index (κ2) is 6.28. The van der Waals surface area contributed by atoms with E-state index in [1.54, 1.807) is 0 Å². The Hall–Kier alpha value is -0.710. The number of carbonyl (C=O) groups is 1. The van der Waals surface area contributed by atoms with E-state index in [4.69, 9.17) is 4.55 Å². The maximum atomic E-state index is 11.2. The van der Waals surface area contributed by atoms with E-state index in [1.165, 1.54) is 6.92 Å². The van der Waals surface area contributed by atoms with E-state index in [9.17, 15) is 21.6 Å². The fourth-order valence-electron chi connectivity index (χ4n) is 0.891. The van der Waals surface area contributed by atoms with E-state index in [0.717, 1.165) is 7.11 Å². The Morgan fingerprint density at radius 1 is 1.24 bits per heavy atom. The SMILES string of the molecule is COC(=O)C(C)OS(=O)(=O)CCCS(=O)(=O)O. The van der Waals surface area contributed by atoms with Crippen LogP contribution in [0.3, 0.4) is 0 Å². The van der Waals surface area contributed by atoms with E-state index in [0.29, 0.717) is 0 Å². The lowest BCUT2D eigenvalue weighted by atomic mass is 10.4. The van der Waals surface area contributed by atoms with Gasteiger partial charge in [0, 0.05) is 0 Å². The van der Waals surface area contributed by atoms with Gasteiger partial charge in [-0.3, -0.25) is 8.74 Å². The van der Waals surface area contributed by atoms with Gasteiger partial charge in [0.2, 0.25) is 0 Å². The number of rotatable bonds is 7. The molecule has 0 amide bonds. The third kappa shape index (κ3) is 8.07. The largest absolute Gasteiger partial charge is 0.467 e. The summed E-state index contributed by atoms with van der Waals surface area (Å²) in [4.78, 5) is 10.9.